The van der Waals surface area contributed by atoms with Gasteiger partial charge in [-0.2, -0.15) is 0 Å². The molecule has 4 heteroatoms. The molecule has 3 aliphatic heterocycles. The van der Waals surface area contributed by atoms with Gasteiger partial charge in [0.15, 0.2) is 0 Å². The number of para-hydroxylation sites is 1. The van der Waals surface area contributed by atoms with Crippen LogP contribution in [-0.2, 0) is 16.2 Å². The Morgan fingerprint density at radius 3 is 2.19 bits per heavy atom. The SMILES string of the molecule is Cc1cc2c3c(c1)-n1c4c(c5cccc(c51)B3C1=CCC(N3C5=C(C=C(C(C)(C)C)CC5)C5(C)CCCCC35C)C=C1N2c1cc2c(cc1C)C(C)(C)CCC2(C)C)C(C)(C)c1ccccc1-4. The van der Waals surface area contributed by atoms with E-state index in [4.69, 9.17) is 0 Å². The van der Waals surface area contributed by atoms with Gasteiger partial charge in [-0.15, -0.1) is 0 Å². The monoisotopic (exact) mass is 882 g/mol. The van der Waals surface area contributed by atoms with Crippen LogP contribution in [0.5, 0.6) is 0 Å². The van der Waals surface area contributed by atoms with E-state index in [0.717, 1.165) is 19.3 Å². The fourth-order valence-electron chi connectivity index (χ4n) is 15.9. The summed E-state index contributed by atoms with van der Waals surface area (Å²) >= 11 is 0. The highest BCUT2D eigenvalue weighted by Gasteiger charge is 2.60. The van der Waals surface area contributed by atoms with Crippen molar-refractivity contribution in [1.82, 2.24) is 9.47 Å². The number of aryl methyl sites for hydroxylation is 2. The lowest BCUT2D eigenvalue weighted by atomic mass is 9.32. The van der Waals surface area contributed by atoms with Crippen molar-refractivity contribution in [3.63, 3.8) is 0 Å². The molecule has 1 aromatic heterocycles. The van der Waals surface area contributed by atoms with Gasteiger partial charge in [0.1, 0.15) is 0 Å². The van der Waals surface area contributed by atoms with E-state index in [1.54, 1.807) is 22.4 Å². The molecule has 3 unspecified atom stereocenters. The molecule has 13 rings (SSSR count). The van der Waals surface area contributed by atoms with E-state index >= 15 is 0 Å². The Balaban J connectivity index is 1.09. The maximum Gasteiger partial charge on any atom is 0.251 e. The van der Waals surface area contributed by atoms with Gasteiger partial charge >= 0.3 is 0 Å². The second kappa shape index (κ2) is 13.2. The molecule has 8 aliphatic rings. The van der Waals surface area contributed by atoms with E-state index in [0.29, 0.717) is 0 Å². The fourth-order valence-corrected chi connectivity index (χ4v) is 15.9. The largest absolute Gasteiger partial charge is 0.361 e. The van der Waals surface area contributed by atoms with Crippen molar-refractivity contribution < 1.29 is 0 Å². The molecule has 1 fully saturated rings. The van der Waals surface area contributed by atoms with Crippen LogP contribution in [0.25, 0.3) is 27.8 Å². The first kappa shape index (κ1) is 42.2. The lowest BCUT2D eigenvalue weighted by molar-refractivity contribution is 0.0109. The predicted molar refractivity (Wildman–Crippen MR) is 284 cm³/mol. The molecule has 0 radical (unpaired) electrons. The summed E-state index contributed by atoms with van der Waals surface area (Å²) in [5.74, 6) is 0. The average Bonchev–Trinajstić information content (AvgIpc) is 3.83. The Morgan fingerprint density at radius 2 is 1.43 bits per heavy atom. The normalized spacial score (nSPS) is 26.8. The molecule has 0 bridgehead atoms. The standard InChI is InChI=1S/C63H72BN3/c1-37-31-52-55-53(32-37)66-56-42(54-57(66)41-19-14-15-21-43(41)61(54,10)11)20-18-22-48(56)64(55)47-25-24-40(35-51(47)65(52)50-36-45-44(33-38(50)2)59(6,7)29-30-60(45,8)9)67-49-26-23-39(58(3,4)5)34-46(49)62(12)27-16-17-28-63(62,67)13/h14-15,18-22,25,31-36,40H,16-17,23-24,26-30H2,1-13H3. The Morgan fingerprint density at radius 1 is 0.716 bits per heavy atom. The van der Waals surface area contributed by atoms with Crippen molar-refractivity contribution in [2.75, 3.05) is 4.90 Å². The molecule has 0 N–H and O–H groups in total. The number of nitrogens with zero attached hydrogens (tertiary/aromatic N) is 3. The third-order valence-corrected chi connectivity index (χ3v) is 19.8. The van der Waals surface area contributed by atoms with Gasteiger partial charge in [0.2, 0.25) is 0 Å². The van der Waals surface area contributed by atoms with Crippen LogP contribution >= 0.6 is 0 Å². The molecule has 67 heavy (non-hydrogen) atoms. The minimum absolute atomic E-state index is 0.0618. The van der Waals surface area contributed by atoms with Gasteiger partial charge in [0.05, 0.1) is 11.7 Å². The molecule has 0 spiro atoms. The first-order chi connectivity index (χ1) is 31.7. The molecule has 0 saturated heterocycles. The van der Waals surface area contributed by atoms with Crippen LogP contribution in [-0.4, -0.2) is 27.8 Å². The molecular weight excluding hydrogens is 810 g/mol. The molecule has 4 heterocycles. The van der Waals surface area contributed by atoms with Gasteiger partial charge in [-0.1, -0.05) is 148 Å². The number of benzene rings is 4. The van der Waals surface area contributed by atoms with E-state index in [2.05, 4.69) is 189 Å². The fraction of sp³-hybridized carbons (Fsp3) is 0.460. The first-order valence-electron chi connectivity index (χ1n) is 26.2. The summed E-state index contributed by atoms with van der Waals surface area (Å²) in [5.41, 5.74) is 28.3. The van der Waals surface area contributed by atoms with Crippen molar-refractivity contribution in [3.8, 4) is 16.9 Å². The number of anilines is 2. The lowest BCUT2D eigenvalue weighted by Gasteiger charge is -2.54. The summed E-state index contributed by atoms with van der Waals surface area (Å²) in [6, 6.07) is 27.2. The minimum Gasteiger partial charge on any atom is -0.361 e. The van der Waals surface area contributed by atoms with Gasteiger partial charge in [0, 0.05) is 61.3 Å². The maximum atomic E-state index is 3.04. The lowest BCUT2D eigenvalue weighted by Crippen LogP contribution is -2.59. The smallest absolute Gasteiger partial charge is 0.251 e. The number of hydrogen-bond acceptors (Lipinski definition) is 2. The van der Waals surface area contributed by atoms with Crippen molar-refractivity contribution in [3.05, 3.63) is 146 Å². The van der Waals surface area contributed by atoms with Gasteiger partial charge in [-0.25, -0.2) is 0 Å². The van der Waals surface area contributed by atoms with Crippen LogP contribution in [0.1, 0.15) is 167 Å². The molecule has 0 amide bonds. The first-order valence-corrected chi connectivity index (χ1v) is 26.2. The Kier molecular flexibility index (Phi) is 8.32. The van der Waals surface area contributed by atoms with E-state index in [1.807, 2.05) is 0 Å². The van der Waals surface area contributed by atoms with Crippen molar-refractivity contribution in [2.24, 2.45) is 10.8 Å². The highest BCUT2D eigenvalue weighted by molar-refractivity contribution is 6.95. The average molecular weight is 882 g/mol. The number of allylic oxidation sites excluding steroid dienone is 4. The van der Waals surface area contributed by atoms with E-state index in [1.165, 1.54) is 128 Å². The third-order valence-electron chi connectivity index (χ3n) is 19.8. The summed E-state index contributed by atoms with van der Waals surface area (Å²) in [4.78, 5) is 5.84. The number of hydrogen-bond donors (Lipinski definition) is 0. The van der Waals surface area contributed by atoms with Gasteiger partial charge in [-0.05, 0) is 162 Å². The molecule has 1 saturated carbocycles. The highest BCUT2D eigenvalue weighted by atomic mass is 15.3. The van der Waals surface area contributed by atoms with Crippen LogP contribution in [0.3, 0.4) is 0 Å². The molecular formula is C63H72BN3. The predicted octanol–water partition coefficient (Wildman–Crippen LogP) is 14.8. The van der Waals surface area contributed by atoms with Crippen molar-refractivity contribution in [2.45, 2.75) is 176 Å². The molecule has 3 nitrogen and oxygen atoms in total. The highest BCUT2D eigenvalue weighted by Crippen LogP contribution is 2.63. The zero-order valence-electron chi connectivity index (χ0n) is 42.9. The minimum atomic E-state index is -0.106. The Hall–Kier alpha value is -4.96. The summed E-state index contributed by atoms with van der Waals surface area (Å²) in [7, 11) is 0. The molecule has 5 aliphatic carbocycles. The number of aromatic nitrogens is 1. The number of fused-ring (bicyclic) bond motifs is 12. The number of rotatable bonds is 2. The van der Waals surface area contributed by atoms with Crippen molar-refractivity contribution >= 4 is 39.9 Å². The summed E-state index contributed by atoms with van der Waals surface area (Å²) in [5, 5.41) is 1.42. The van der Waals surface area contributed by atoms with Gasteiger partial charge < -0.3 is 14.4 Å². The Bertz CT molecular complexity index is 3200. The molecule has 4 aromatic carbocycles. The van der Waals surface area contributed by atoms with Crippen molar-refractivity contribution in [1.29, 1.82) is 0 Å². The van der Waals surface area contributed by atoms with E-state index in [-0.39, 0.29) is 45.4 Å². The van der Waals surface area contributed by atoms with E-state index < -0.39 is 0 Å². The van der Waals surface area contributed by atoms with Gasteiger partial charge in [-0.3, -0.25) is 0 Å². The molecule has 342 valence electrons. The van der Waals surface area contributed by atoms with Crippen LogP contribution in [0.2, 0.25) is 0 Å². The van der Waals surface area contributed by atoms with Gasteiger partial charge in [0.25, 0.3) is 6.71 Å². The van der Waals surface area contributed by atoms with Crippen LogP contribution < -0.4 is 15.8 Å². The second-order valence-corrected chi connectivity index (χ2v) is 25.9. The zero-order valence-corrected chi connectivity index (χ0v) is 42.9. The third kappa shape index (κ3) is 5.27. The van der Waals surface area contributed by atoms with Crippen LogP contribution in [0.15, 0.2) is 113 Å². The summed E-state index contributed by atoms with van der Waals surface area (Å²) < 4.78 is 2.73. The second-order valence-electron chi connectivity index (χ2n) is 25.9. The Labute approximate surface area is 402 Å². The van der Waals surface area contributed by atoms with Crippen LogP contribution in [0, 0.1) is 24.7 Å². The van der Waals surface area contributed by atoms with Crippen LogP contribution in [0.4, 0.5) is 11.4 Å². The summed E-state index contributed by atoms with van der Waals surface area (Å²) in [6.07, 6.45) is 19.2. The topological polar surface area (TPSA) is 11.4 Å². The summed E-state index contributed by atoms with van der Waals surface area (Å²) in [6.45, 7) is 32.4. The van der Waals surface area contributed by atoms with E-state index in [9.17, 15) is 0 Å². The zero-order chi connectivity index (χ0) is 46.7. The maximum absolute atomic E-state index is 3.04. The molecule has 5 aromatic rings. The quantitative estimate of drug-likeness (QED) is 0.164. The molecule has 3 atom stereocenters.